The lowest BCUT2D eigenvalue weighted by Gasteiger charge is -2.12. The van der Waals surface area contributed by atoms with Crippen LogP contribution < -0.4 is 4.74 Å². The molecule has 0 bridgehead atoms. The summed E-state index contributed by atoms with van der Waals surface area (Å²) in [5, 5.41) is 10.9. The number of halogens is 4. The van der Waals surface area contributed by atoms with E-state index in [1.807, 2.05) is 0 Å². The van der Waals surface area contributed by atoms with Crippen LogP contribution in [0.4, 0.5) is 23.2 Å². The molecule has 0 aliphatic heterocycles. The van der Waals surface area contributed by atoms with Gasteiger partial charge in [-0.05, 0) is 25.5 Å². The van der Waals surface area contributed by atoms with Crippen molar-refractivity contribution >= 4 is 11.8 Å². The predicted molar refractivity (Wildman–Crippen MR) is 78.9 cm³/mol. The van der Waals surface area contributed by atoms with E-state index in [9.17, 15) is 27.7 Å². The molecule has 0 aromatic heterocycles. The van der Waals surface area contributed by atoms with Gasteiger partial charge in [-0.15, -0.1) is 0 Å². The lowest BCUT2D eigenvalue weighted by Crippen LogP contribution is -2.04. The minimum absolute atomic E-state index is 0.489. The van der Waals surface area contributed by atoms with Crippen LogP contribution in [0.1, 0.15) is 18.1 Å². The van der Waals surface area contributed by atoms with Gasteiger partial charge in [0.2, 0.25) is 23.1 Å². The van der Waals surface area contributed by atoms with E-state index in [0.29, 0.717) is 5.56 Å². The molecule has 0 unspecified atom stereocenters. The molecular formula is C16H11F4NO3. The third-order valence-corrected chi connectivity index (χ3v) is 3.11. The maximum atomic E-state index is 14.0. The highest BCUT2D eigenvalue weighted by molar-refractivity contribution is 5.55. The molecule has 2 aromatic rings. The fourth-order valence-corrected chi connectivity index (χ4v) is 2.00. The zero-order valence-corrected chi connectivity index (χ0v) is 12.6. The molecule has 8 heteroatoms. The van der Waals surface area contributed by atoms with Crippen molar-refractivity contribution < 1.29 is 27.2 Å². The smallest absolute Gasteiger partial charge is 0.311 e. The van der Waals surface area contributed by atoms with Crippen LogP contribution in [0.25, 0.3) is 6.08 Å². The Morgan fingerprint density at radius 3 is 2.17 bits per heavy atom. The summed E-state index contributed by atoms with van der Waals surface area (Å²) in [4.78, 5) is 10.1. The Labute approximate surface area is 134 Å². The number of rotatable bonds is 4. The first-order valence-electron chi connectivity index (χ1n) is 6.69. The molecule has 24 heavy (non-hydrogen) atoms. The Balaban J connectivity index is 2.64. The van der Waals surface area contributed by atoms with Gasteiger partial charge in [-0.2, -0.15) is 8.78 Å². The van der Waals surface area contributed by atoms with E-state index in [4.69, 9.17) is 4.74 Å². The van der Waals surface area contributed by atoms with Crippen molar-refractivity contribution in [1.29, 1.82) is 0 Å². The van der Waals surface area contributed by atoms with Crippen molar-refractivity contribution in [2.24, 2.45) is 0 Å². The molecule has 126 valence electrons. The molecule has 0 spiro atoms. The maximum absolute atomic E-state index is 14.0. The molecule has 0 N–H and O–H groups in total. The summed E-state index contributed by atoms with van der Waals surface area (Å²) < 4.78 is 60.7. The quantitative estimate of drug-likeness (QED) is 0.329. The molecule has 2 aromatic carbocycles. The Kier molecular flexibility index (Phi) is 4.87. The van der Waals surface area contributed by atoms with Gasteiger partial charge in [0.1, 0.15) is 0 Å². The van der Waals surface area contributed by atoms with Crippen LogP contribution in [0.5, 0.6) is 11.5 Å². The fourth-order valence-electron chi connectivity index (χ4n) is 2.00. The topological polar surface area (TPSA) is 52.4 Å². The summed E-state index contributed by atoms with van der Waals surface area (Å²) in [7, 11) is 0. The second kappa shape index (κ2) is 6.69. The zero-order valence-electron chi connectivity index (χ0n) is 12.6. The Bertz CT molecular complexity index is 821. The van der Waals surface area contributed by atoms with Gasteiger partial charge >= 0.3 is 5.69 Å². The van der Waals surface area contributed by atoms with Crippen molar-refractivity contribution in [2.75, 3.05) is 0 Å². The van der Waals surface area contributed by atoms with Crippen LogP contribution >= 0.6 is 0 Å². The molecule has 4 nitrogen and oxygen atoms in total. The highest BCUT2D eigenvalue weighted by atomic mass is 19.2. The number of ether oxygens (including phenoxy) is 1. The van der Waals surface area contributed by atoms with E-state index in [1.54, 1.807) is 6.92 Å². The van der Waals surface area contributed by atoms with Crippen LogP contribution in [0.3, 0.4) is 0 Å². The molecule has 0 heterocycles. The van der Waals surface area contributed by atoms with Crippen molar-refractivity contribution in [3.8, 4) is 11.5 Å². The third kappa shape index (κ3) is 3.08. The molecule has 0 saturated heterocycles. The Morgan fingerprint density at radius 2 is 1.67 bits per heavy atom. The maximum Gasteiger partial charge on any atom is 0.311 e. The van der Waals surface area contributed by atoms with Crippen LogP contribution in [0.15, 0.2) is 24.3 Å². The monoisotopic (exact) mass is 341 g/mol. The van der Waals surface area contributed by atoms with Gasteiger partial charge in [-0.1, -0.05) is 18.2 Å². The molecule has 0 saturated carbocycles. The van der Waals surface area contributed by atoms with Crippen molar-refractivity contribution in [1.82, 2.24) is 0 Å². The first kappa shape index (κ1) is 17.5. The van der Waals surface area contributed by atoms with Gasteiger partial charge in [-0.25, -0.2) is 8.78 Å². The second-order valence-corrected chi connectivity index (χ2v) is 4.83. The van der Waals surface area contributed by atoms with Crippen LogP contribution in [0, 0.1) is 40.3 Å². The number of hydrogen-bond acceptors (Lipinski definition) is 3. The summed E-state index contributed by atoms with van der Waals surface area (Å²) in [6.07, 6.45) is 2.06. The first-order valence-corrected chi connectivity index (χ1v) is 6.69. The van der Waals surface area contributed by atoms with Gasteiger partial charge < -0.3 is 4.74 Å². The summed E-state index contributed by atoms with van der Waals surface area (Å²) >= 11 is 0. The second-order valence-electron chi connectivity index (χ2n) is 4.83. The SMILES string of the molecule is CC=Cc1c(F)c(F)c(Oc2cc(C)ccc2[N+](=O)[O-])c(F)c1F. The Morgan fingerprint density at radius 1 is 1.08 bits per heavy atom. The average molecular weight is 341 g/mol. The zero-order chi connectivity index (χ0) is 18.0. The number of aryl methyl sites for hydroxylation is 1. The van der Waals surface area contributed by atoms with E-state index in [2.05, 4.69) is 0 Å². The summed E-state index contributed by atoms with van der Waals surface area (Å²) in [6.45, 7) is 2.97. The number of nitro benzene ring substituents is 1. The van der Waals surface area contributed by atoms with Crippen molar-refractivity contribution in [3.05, 3.63) is 68.8 Å². The standard InChI is InChI=1S/C16H11F4NO3/c1-3-4-9-12(17)14(19)16(15(20)13(9)18)24-11-7-8(2)5-6-10(11)21(22)23/h3-7H,1-2H3. The van der Waals surface area contributed by atoms with Gasteiger partial charge in [0.05, 0.1) is 10.5 Å². The van der Waals surface area contributed by atoms with Crippen LogP contribution in [0.2, 0.25) is 0 Å². The number of nitrogens with zero attached hydrogens (tertiary/aromatic N) is 1. The van der Waals surface area contributed by atoms with E-state index >= 15 is 0 Å². The average Bonchev–Trinajstić information content (AvgIpc) is 2.53. The van der Waals surface area contributed by atoms with E-state index in [0.717, 1.165) is 18.2 Å². The molecule has 0 aliphatic rings. The first-order chi connectivity index (χ1) is 11.3. The summed E-state index contributed by atoms with van der Waals surface area (Å²) in [5.41, 5.74) is -1.01. The minimum atomic E-state index is -1.78. The summed E-state index contributed by atoms with van der Waals surface area (Å²) in [6, 6.07) is 3.57. The number of allylic oxidation sites excluding steroid dienone is 1. The number of hydrogen-bond donors (Lipinski definition) is 0. The molecule has 0 aliphatic carbocycles. The molecule has 0 radical (unpaired) electrons. The van der Waals surface area contributed by atoms with Gasteiger partial charge in [-0.3, -0.25) is 10.1 Å². The number of nitro groups is 1. The third-order valence-electron chi connectivity index (χ3n) is 3.11. The highest BCUT2D eigenvalue weighted by Crippen LogP contribution is 2.37. The van der Waals surface area contributed by atoms with E-state index in [1.165, 1.54) is 19.1 Å². The van der Waals surface area contributed by atoms with Crippen LogP contribution in [-0.4, -0.2) is 4.92 Å². The lowest BCUT2D eigenvalue weighted by atomic mass is 10.1. The van der Waals surface area contributed by atoms with Gasteiger partial charge in [0, 0.05) is 6.07 Å². The molecule has 2 rings (SSSR count). The number of benzene rings is 2. The van der Waals surface area contributed by atoms with Gasteiger partial charge in [0.15, 0.2) is 11.6 Å². The molecule has 0 amide bonds. The van der Waals surface area contributed by atoms with E-state index < -0.39 is 50.9 Å². The van der Waals surface area contributed by atoms with E-state index in [-0.39, 0.29) is 0 Å². The molecule has 0 atom stereocenters. The predicted octanol–water partition coefficient (Wildman–Crippen LogP) is 5.29. The highest BCUT2D eigenvalue weighted by Gasteiger charge is 2.27. The van der Waals surface area contributed by atoms with Crippen molar-refractivity contribution in [2.45, 2.75) is 13.8 Å². The largest absolute Gasteiger partial charge is 0.444 e. The summed E-state index contributed by atoms with van der Waals surface area (Å²) in [5.74, 6) is -8.78. The normalized spacial score (nSPS) is 11.1. The van der Waals surface area contributed by atoms with Crippen molar-refractivity contribution in [3.63, 3.8) is 0 Å². The lowest BCUT2D eigenvalue weighted by molar-refractivity contribution is -0.385. The molecule has 0 fully saturated rings. The fraction of sp³-hybridized carbons (Fsp3) is 0.125. The van der Waals surface area contributed by atoms with Gasteiger partial charge in [0.25, 0.3) is 0 Å². The minimum Gasteiger partial charge on any atom is -0.444 e. The van der Waals surface area contributed by atoms with Crippen LogP contribution in [-0.2, 0) is 0 Å². The molecular weight excluding hydrogens is 330 g/mol. The Hall–Kier alpha value is -2.90.